The Morgan fingerprint density at radius 2 is 1.58 bits per heavy atom. The van der Waals surface area contributed by atoms with E-state index in [9.17, 15) is 26.3 Å². The van der Waals surface area contributed by atoms with Gasteiger partial charge in [-0.25, -0.2) is 0 Å². The second kappa shape index (κ2) is 7.50. The number of nitrogens with zero attached hydrogens (tertiary/aromatic N) is 2. The molecule has 138 valence electrons. The summed E-state index contributed by atoms with van der Waals surface area (Å²) in [5, 5.41) is 8.81. The second-order valence-corrected chi connectivity index (χ2v) is 5.99. The van der Waals surface area contributed by atoms with E-state index in [1.807, 2.05) is 0 Å². The van der Waals surface area contributed by atoms with E-state index in [1.165, 1.54) is 6.07 Å². The largest absolute Gasteiger partial charge is 0.417 e. The zero-order valence-corrected chi connectivity index (χ0v) is 14.0. The molecule has 2 aromatic carbocycles. The van der Waals surface area contributed by atoms with E-state index in [1.54, 1.807) is 24.3 Å². The van der Waals surface area contributed by atoms with Crippen molar-refractivity contribution in [3.8, 4) is 6.07 Å². The summed E-state index contributed by atoms with van der Waals surface area (Å²) >= 11 is 4.08. The first-order valence-electron chi connectivity index (χ1n) is 7.20. The Kier molecular flexibility index (Phi) is 5.76. The van der Waals surface area contributed by atoms with Crippen molar-refractivity contribution in [1.29, 1.82) is 5.26 Å². The van der Waals surface area contributed by atoms with Gasteiger partial charge in [0.15, 0.2) is 0 Å². The average molecular weight is 390 g/mol. The molecular formula is C17H12F6N2S. The lowest BCUT2D eigenvalue weighted by Crippen LogP contribution is -2.34. The van der Waals surface area contributed by atoms with Crippen LogP contribution in [0.15, 0.2) is 47.4 Å². The summed E-state index contributed by atoms with van der Waals surface area (Å²) in [4.78, 5) is 1.39. The summed E-state index contributed by atoms with van der Waals surface area (Å²) in [6.07, 6.45) is -9.46. The molecule has 26 heavy (non-hydrogen) atoms. The van der Waals surface area contributed by atoms with Crippen LogP contribution in [0.4, 0.5) is 32.0 Å². The highest BCUT2D eigenvalue weighted by Crippen LogP contribution is 2.35. The Morgan fingerprint density at radius 1 is 0.962 bits per heavy atom. The summed E-state index contributed by atoms with van der Waals surface area (Å²) in [6.45, 7) is -1.68. The summed E-state index contributed by atoms with van der Waals surface area (Å²) in [7, 11) is 0. The van der Waals surface area contributed by atoms with Crippen LogP contribution in [0.2, 0.25) is 0 Å². The van der Waals surface area contributed by atoms with Crippen molar-refractivity contribution >= 4 is 18.3 Å². The molecule has 0 heterocycles. The number of alkyl halides is 6. The molecule has 2 aromatic rings. The Hall–Kier alpha value is -2.34. The second-order valence-electron chi connectivity index (χ2n) is 5.48. The third-order valence-corrected chi connectivity index (χ3v) is 3.77. The van der Waals surface area contributed by atoms with Gasteiger partial charge in [0.25, 0.3) is 0 Å². The molecule has 0 aliphatic carbocycles. The molecule has 0 aliphatic heterocycles. The van der Waals surface area contributed by atoms with Crippen molar-refractivity contribution in [3.63, 3.8) is 0 Å². The minimum absolute atomic E-state index is 0.253. The number of thiol groups is 1. The fraction of sp³-hybridized carbons (Fsp3) is 0.235. The molecule has 0 aliphatic rings. The number of benzene rings is 2. The van der Waals surface area contributed by atoms with Crippen LogP contribution in [0.5, 0.6) is 0 Å². The van der Waals surface area contributed by atoms with Crippen LogP contribution in [0.1, 0.15) is 16.7 Å². The van der Waals surface area contributed by atoms with Crippen molar-refractivity contribution in [2.45, 2.75) is 23.8 Å². The molecule has 0 spiro atoms. The summed E-state index contributed by atoms with van der Waals surface area (Å²) in [5.41, 5.74) is -1.71. The maximum absolute atomic E-state index is 13.1. The topological polar surface area (TPSA) is 27.0 Å². The Balaban J connectivity index is 2.45. The van der Waals surface area contributed by atoms with Crippen molar-refractivity contribution in [1.82, 2.24) is 0 Å². The average Bonchev–Trinajstić information content (AvgIpc) is 2.53. The summed E-state index contributed by atoms with van der Waals surface area (Å²) in [6, 6.07) is 10.1. The lowest BCUT2D eigenvalue weighted by atomic mass is 10.1. The predicted molar refractivity (Wildman–Crippen MR) is 87.0 cm³/mol. The van der Waals surface area contributed by atoms with Gasteiger partial charge in [-0.1, -0.05) is 12.1 Å². The number of rotatable bonds is 4. The lowest BCUT2D eigenvalue weighted by molar-refractivity contribution is -0.137. The number of hydrogen-bond donors (Lipinski definition) is 1. The maximum Gasteiger partial charge on any atom is 0.417 e. The van der Waals surface area contributed by atoms with Gasteiger partial charge in [0.1, 0.15) is 6.54 Å². The van der Waals surface area contributed by atoms with Crippen LogP contribution in [0, 0.1) is 11.3 Å². The number of nitriles is 1. The summed E-state index contributed by atoms with van der Waals surface area (Å²) < 4.78 is 78.0. The summed E-state index contributed by atoms with van der Waals surface area (Å²) in [5.74, 6) is 0. The monoisotopic (exact) mass is 390 g/mol. The zero-order valence-electron chi connectivity index (χ0n) is 13.1. The number of anilines is 1. The SMILES string of the molecule is N#Cc1ccc(N(Cc2ccc(S)cc2)CC(F)(F)F)cc1C(F)(F)F. The van der Waals surface area contributed by atoms with Gasteiger partial charge in [0.2, 0.25) is 0 Å². The molecule has 0 unspecified atom stereocenters. The molecule has 0 N–H and O–H groups in total. The van der Waals surface area contributed by atoms with Gasteiger partial charge >= 0.3 is 12.4 Å². The van der Waals surface area contributed by atoms with Gasteiger partial charge in [-0.15, -0.1) is 12.6 Å². The molecule has 2 rings (SSSR count). The van der Waals surface area contributed by atoms with E-state index >= 15 is 0 Å². The van der Waals surface area contributed by atoms with Gasteiger partial charge < -0.3 is 4.90 Å². The van der Waals surface area contributed by atoms with Crippen molar-refractivity contribution < 1.29 is 26.3 Å². The fourth-order valence-electron chi connectivity index (χ4n) is 2.34. The molecule has 0 saturated heterocycles. The Labute approximate surface area is 151 Å². The smallest absolute Gasteiger partial charge is 0.358 e. The highest BCUT2D eigenvalue weighted by Gasteiger charge is 2.36. The maximum atomic E-state index is 13.1. The first kappa shape index (κ1) is 20.0. The Morgan fingerprint density at radius 3 is 2.08 bits per heavy atom. The van der Waals surface area contributed by atoms with E-state index in [2.05, 4.69) is 12.6 Å². The zero-order chi connectivity index (χ0) is 19.5. The Bertz CT molecular complexity index is 806. The molecule has 0 saturated carbocycles. The van der Waals surface area contributed by atoms with Crippen LogP contribution >= 0.6 is 12.6 Å². The molecule has 9 heteroatoms. The highest BCUT2D eigenvalue weighted by molar-refractivity contribution is 7.80. The third-order valence-electron chi connectivity index (χ3n) is 3.47. The van der Waals surface area contributed by atoms with Gasteiger partial charge in [0, 0.05) is 17.1 Å². The number of halogens is 6. The van der Waals surface area contributed by atoms with Gasteiger partial charge in [-0.3, -0.25) is 0 Å². The standard InChI is InChI=1S/C17H12F6N2S/c18-16(19,20)10-25(9-11-1-5-14(26)6-2-11)13-4-3-12(8-24)15(7-13)17(21,22)23/h1-7,26H,9-10H2. The van der Waals surface area contributed by atoms with Crippen molar-refractivity contribution in [2.24, 2.45) is 0 Å². The van der Waals surface area contributed by atoms with Gasteiger partial charge in [-0.2, -0.15) is 31.6 Å². The van der Waals surface area contributed by atoms with Crippen molar-refractivity contribution in [2.75, 3.05) is 11.4 Å². The van der Waals surface area contributed by atoms with E-state index in [-0.39, 0.29) is 12.2 Å². The minimum Gasteiger partial charge on any atom is -0.358 e. The van der Waals surface area contributed by atoms with Crippen molar-refractivity contribution in [3.05, 3.63) is 59.2 Å². The quantitative estimate of drug-likeness (QED) is 0.556. The lowest BCUT2D eigenvalue weighted by Gasteiger charge is -2.27. The van der Waals surface area contributed by atoms with Gasteiger partial charge in [0.05, 0.1) is 17.2 Å². The van der Waals surface area contributed by atoms with Crippen LogP contribution in [0.25, 0.3) is 0 Å². The predicted octanol–water partition coefficient (Wildman–Crippen LogP) is 5.43. The molecular weight excluding hydrogens is 378 g/mol. The highest BCUT2D eigenvalue weighted by atomic mass is 32.1. The molecule has 0 radical (unpaired) electrons. The third kappa shape index (κ3) is 5.33. The van der Waals surface area contributed by atoms with Crippen LogP contribution in [-0.4, -0.2) is 12.7 Å². The fourth-order valence-corrected chi connectivity index (χ4v) is 2.49. The normalized spacial score (nSPS) is 11.9. The van der Waals surface area contributed by atoms with E-state index in [4.69, 9.17) is 5.26 Å². The molecule has 0 bridgehead atoms. The van der Waals surface area contributed by atoms with E-state index in [0.717, 1.165) is 17.0 Å². The van der Waals surface area contributed by atoms with Gasteiger partial charge in [-0.05, 0) is 35.9 Å². The van der Waals surface area contributed by atoms with Crippen LogP contribution in [-0.2, 0) is 12.7 Å². The van der Waals surface area contributed by atoms with Crippen LogP contribution in [0.3, 0.4) is 0 Å². The minimum atomic E-state index is -4.85. The molecule has 0 aromatic heterocycles. The molecule has 2 nitrogen and oxygen atoms in total. The molecule has 0 fully saturated rings. The van der Waals surface area contributed by atoms with Crippen LogP contribution < -0.4 is 4.90 Å². The van der Waals surface area contributed by atoms with E-state index in [0.29, 0.717) is 16.5 Å². The molecule has 0 amide bonds. The number of hydrogen-bond acceptors (Lipinski definition) is 3. The first-order valence-corrected chi connectivity index (χ1v) is 7.65. The molecule has 0 atom stereocenters. The first-order chi connectivity index (χ1) is 12.0. The van der Waals surface area contributed by atoms with E-state index < -0.39 is 30.0 Å².